The summed E-state index contributed by atoms with van der Waals surface area (Å²) >= 11 is 11.4. The lowest BCUT2D eigenvalue weighted by Gasteiger charge is -2.29. The molecule has 0 atom stereocenters. The molecule has 0 radical (unpaired) electrons. The van der Waals surface area contributed by atoms with Crippen molar-refractivity contribution in [2.24, 2.45) is 5.92 Å². The average molecular weight is 213 g/mol. The van der Waals surface area contributed by atoms with Crippen molar-refractivity contribution in [2.45, 2.75) is 38.1 Å². The van der Waals surface area contributed by atoms with Gasteiger partial charge in [-0.3, -0.25) is 0 Å². The third-order valence-corrected chi connectivity index (χ3v) is 5.92. The van der Waals surface area contributed by atoms with Crippen molar-refractivity contribution in [3.8, 4) is 0 Å². The van der Waals surface area contributed by atoms with E-state index in [1.807, 2.05) is 0 Å². The van der Waals surface area contributed by atoms with Gasteiger partial charge in [-0.1, -0.05) is 19.8 Å². The molecule has 0 aromatic heterocycles. The molecule has 66 valence electrons. The van der Waals surface area contributed by atoms with Gasteiger partial charge in [-0.2, -0.15) is 0 Å². The van der Waals surface area contributed by atoms with E-state index in [2.05, 4.69) is 6.92 Å². The molecule has 4 heteroatoms. The maximum atomic E-state index is 9.40. The maximum absolute atomic E-state index is 9.40. The van der Waals surface area contributed by atoms with E-state index < -0.39 is 6.94 Å². The summed E-state index contributed by atoms with van der Waals surface area (Å²) in [5.41, 5.74) is 0.210. The lowest BCUT2D eigenvalue weighted by atomic mass is 9.90. The van der Waals surface area contributed by atoms with E-state index in [4.69, 9.17) is 22.2 Å². The van der Waals surface area contributed by atoms with Gasteiger partial charge in [-0.25, -0.2) is 0 Å². The van der Waals surface area contributed by atoms with E-state index in [0.29, 0.717) is 0 Å². The van der Waals surface area contributed by atoms with Crippen LogP contribution < -0.4 is 0 Å². The van der Waals surface area contributed by atoms with Gasteiger partial charge in [0.2, 0.25) is 0 Å². The fraction of sp³-hybridized carbons (Fsp3) is 1.00. The molecule has 1 N–H and O–H groups in total. The third kappa shape index (κ3) is 2.94. The topological polar surface area (TPSA) is 20.2 Å². The Morgan fingerprint density at radius 3 is 2.00 bits per heavy atom. The second-order valence-corrected chi connectivity index (χ2v) is 9.57. The molecule has 1 rings (SSSR count). The molecule has 1 fully saturated rings. The van der Waals surface area contributed by atoms with Crippen molar-refractivity contribution in [1.29, 1.82) is 0 Å². The number of hydrogen-bond acceptors (Lipinski definition) is 1. The Kier molecular flexibility index (Phi) is 3.26. The Hall–Kier alpha value is 0.757. The third-order valence-electron chi connectivity index (χ3n) is 2.51. The SMILES string of the molecule is CC1CCC([Si](O)(Cl)Cl)CC1. The molecule has 0 bridgehead atoms. The summed E-state index contributed by atoms with van der Waals surface area (Å²) in [6.07, 6.45) is 4.35. The molecule has 0 aromatic rings. The van der Waals surface area contributed by atoms with Crippen molar-refractivity contribution in [1.82, 2.24) is 0 Å². The second-order valence-electron chi connectivity index (χ2n) is 3.54. The van der Waals surface area contributed by atoms with Gasteiger partial charge in [0, 0.05) is 5.54 Å². The molecule has 0 aromatic carbocycles. The molecule has 0 heterocycles. The number of rotatable bonds is 1. The fourth-order valence-corrected chi connectivity index (χ4v) is 3.94. The van der Waals surface area contributed by atoms with Crippen LogP contribution >= 0.6 is 22.2 Å². The van der Waals surface area contributed by atoms with Gasteiger partial charge in [-0.05, 0) is 18.8 Å². The normalized spacial score (nSPS) is 33.8. The molecular formula is C7H14Cl2OSi. The minimum Gasteiger partial charge on any atom is -0.408 e. The number of hydrogen-bond donors (Lipinski definition) is 1. The quantitative estimate of drug-likeness (QED) is 0.524. The summed E-state index contributed by atoms with van der Waals surface area (Å²) in [5, 5.41) is 0. The van der Waals surface area contributed by atoms with Crippen LogP contribution in [-0.2, 0) is 0 Å². The monoisotopic (exact) mass is 212 g/mol. The first-order valence-corrected chi connectivity index (χ1v) is 8.15. The van der Waals surface area contributed by atoms with E-state index in [1.165, 1.54) is 12.8 Å². The zero-order chi connectivity index (χ0) is 8.48. The van der Waals surface area contributed by atoms with Crippen LogP contribution in [0.1, 0.15) is 32.6 Å². The summed E-state index contributed by atoms with van der Waals surface area (Å²) in [6.45, 7) is -0.606. The van der Waals surface area contributed by atoms with Crippen LogP contribution in [0, 0.1) is 5.92 Å². The van der Waals surface area contributed by atoms with E-state index in [0.717, 1.165) is 18.8 Å². The van der Waals surface area contributed by atoms with Crippen molar-refractivity contribution in [2.75, 3.05) is 0 Å². The molecule has 0 aliphatic heterocycles. The van der Waals surface area contributed by atoms with E-state index in [1.54, 1.807) is 0 Å². The maximum Gasteiger partial charge on any atom is 0.390 e. The lowest BCUT2D eigenvalue weighted by Crippen LogP contribution is -2.29. The molecule has 1 saturated carbocycles. The molecule has 0 spiro atoms. The zero-order valence-electron chi connectivity index (χ0n) is 6.69. The van der Waals surface area contributed by atoms with Gasteiger partial charge < -0.3 is 4.80 Å². The van der Waals surface area contributed by atoms with Gasteiger partial charge in [0.1, 0.15) is 0 Å². The Morgan fingerprint density at radius 2 is 1.64 bits per heavy atom. The smallest absolute Gasteiger partial charge is 0.390 e. The Bertz CT molecular complexity index is 127. The van der Waals surface area contributed by atoms with Gasteiger partial charge >= 0.3 is 6.94 Å². The summed E-state index contributed by atoms with van der Waals surface area (Å²) in [7, 11) is 0. The molecule has 0 amide bonds. The van der Waals surface area contributed by atoms with Crippen LogP contribution in [0.4, 0.5) is 0 Å². The highest BCUT2D eigenvalue weighted by Crippen LogP contribution is 2.41. The summed E-state index contributed by atoms with van der Waals surface area (Å²) in [4.78, 5) is 9.40. The summed E-state index contributed by atoms with van der Waals surface area (Å²) < 4.78 is 0. The van der Waals surface area contributed by atoms with Crippen LogP contribution in [0.15, 0.2) is 0 Å². The molecule has 1 aliphatic rings. The van der Waals surface area contributed by atoms with Crippen LogP contribution in [0.3, 0.4) is 0 Å². The summed E-state index contributed by atoms with van der Waals surface area (Å²) in [5.74, 6) is 0.788. The first-order valence-electron chi connectivity index (χ1n) is 4.10. The minimum absolute atomic E-state index is 0.210. The predicted molar refractivity (Wildman–Crippen MR) is 51.1 cm³/mol. The van der Waals surface area contributed by atoms with E-state index in [9.17, 15) is 4.80 Å². The Balaban J connectivity index is 2.39. The van der Waals surface area contributed by atoms with E-state index in [-0.39, 0.29) is 5.54 Å². The van der Waals surface area contributed by atoms with Gasteiger partial charge in [-0.15, -0.1) is 22.2 Å². The van der Waals surface area contributed by atoms with Crippen molar-refractivity contribution < 1.29 is 4.80 Å². The first kappa shape index (κ1) is 9.84. The minimum atomic E-state index is -2.84. The fourth-order valence-electron chi connectivity index (χ4n) is 1.61. The van der Waals surface area contributed by atoms with Crippen LogP contribution in [0.2, 0.25) is 5.54 Å². The first-order chi connectivity index (χ1) is 5.00. The highest BCUT2D eigenvalue weighted by atomic mass is 35.7. The second kappa shape index (κ2) is 3.65. The largest absolute Gasteiger partial charge is 0.408 e. The standard InChI is InChI=1S/C7H14Cl2OSi/c1-6-2-4-7(5-3-6)11(8,9)10/h6-7,10H,2-5H2,1H3. The van der Waals surface area contributed by atoms with Gasteiger partial charge in [0.05, 0.1) is 0 Å². The van der Waals surface area contributed by atoms with Crippen LogP contribution in [-0.4, -0.2) is 11.7 Å². The average Bonchev–Trinajstić information content (AvgIpc) is 1.86. The molecule has 11 heavy (non-hydrogen) atoms. The number of halogens is 2. The lowest BCUT2D eigenvalue weighted by molar-refractivity contribution is 0.366. The molecule has 1 nitrogen and oxygen atoms in total. The van der Waals surface area contributed by atoms with Crippen molar-refractivity contribution in [3.63, 3.8) is 0 Å². The molecule has 0 saturated heterocycles. The molecular weight excluding hydrogens is 199 g/mol. The van der Waals surface area contributed by atoms with E-state index >= 15 is 0 Å². The van der Waals surface area contributed by atoms with Crippen LogP contribution in [0.5, 0.6) is 0 Å². The molecule has 0 unspecified atom stereocenters. The highest BCUT2D eigenvalue weighted by Gasteiger charge is 2.38. The molecule has 1 aliphatic carbocycles. The van der Waals surface area contributed by atoms with Crippen molar-refractivity contribution >= 4 is 29.1 Å². The summed E-state index contributed by atoms with van der Waals surface area (Å²) in [6, 6.07) is 0. The predicted octanol–water partition coefficient (Wildman–Crippen LogP) is 2.98. The van der Waals surface area contributed by atoms with Gasteiger partial charge in [0.15, 0.2) is 0 Å². The Labute approximate surface area is 78.2 Å². The highest BCUT2D eigenvalue weighted by molar-refractivity contribution is 7.42. The zero-order valence-corrected chi connectivity index (χ0v) is 9.20. The van der Waals surface area contributed by atoms with Gasteiger partial charge in [0.25, 0.3) is 0 Å². The Morgan fingerprint density at radius 1 is 1.18 bits per heavy atom. The van der Waals surface area contributed by atoms with Crippen LogP contribution in [0.25, 0.3) is 0 Å². The van der Waals surface area contributed by atoms with Crippen molar-refractivity contribution in [3.05, 3.63) is 0 Å².